The third-order valence-electron chi connectivity index (χ3n) is 2.04. The van der Waals surface area contributed by atoms with Crippen LogP contribution in [0.2, 0.25) is 5.02 Å². The molecule has 0 spiro atoms. The van der Waals surface area contributed by atoms with Gasteiger partial charge < -0.3 is 10.3 Å². The van der Waals surface area contributed by atoms with Gasteiger partial charge in [0.2, 0.25) is 0 Å². The van der Waals surface area contributed by atoms with Crippen LogP contribution in [0.4, 0.5) is 5.82 Å². The molecule has 12 heavy (non-hydrogen) atoms. The van der Waals surface area contributed by atoms with Crippen LogP contribution < -0.4 is 5.73 Å². The van der Waals surface area contributed by atoms with Crippen LogP contribution in [0.3, 0.4) is 0 Å². The lowest BCUT2D eigenvalue weighted by Gasteiger charge is -2.06. The van der Waals surface area contributed by atoms with E-state index in [0.717, 1.165) is 18.6 Å². The molecule has 0 aliphatic rings. The molecule has 0 fully saturated rings. The van der Waals surface area contributed by atoms with Crippen LogP contribution >= 0.6 is 11.6 Å². The average Bonchev–Trinajstić information content (AvgIpc) is 2.38. The molecule has 0 bridgehead atoms. The Morgan fingerprint density at radius 1 is 1.50 bits per heavy atom. The highest BCUT2D eigenvalue weighted by Crippen LogP contribution is 2.32. The molecule has 0 aliphatic carbocycles. The largest absolute Gasteiger partial charge is 0.380 e. The van der Waals surface area contributed by atoms with Crippen LogP contribution in [0.1, 0.15) is 38.4 Å². The Morgan fingerprint density at radius 2 is 2.08 bits per heavy atom. The van der Waals surface area contributed by atoms with Gasteiger partial charge in [0.15, 0.2) is 11.6 Å². The molecule has 4 heteroatoms. The molecular formula is C8H13ClN2O. The minimum Gasteiger partial charge on any atom is -0.380 e. The van der Waals surface area contributed by atoms with Crippen molar-refractivity contribution in [2.45, 2.75) is 32.6 Å². The highest BCUT2D eigenvalue weighted by molar-refractivity contribution is 6.33. The van der Waals surface area contributed by atoms with E-state index in [9.17, 15) is 0 Å². The summed E-state index contributed by atoms with van der Waals surface area (Å²) in [4.78, 5) is 0. The van der Waals surface area contributed by atoms with Crippen molar-refractivity contribution in [3.05, 3.63) is 10.8 Å². The summed E-state index contributed by atoms with van der Waals surface area (Å²) in [6, 6.07) is 0. The van der Waals surface area contributed by atoms with Crippen molar-refractivity contribution >= 4 is 17.4 Å². The van der Waals surface area contributed by atoms with Gasteiger partial charge >= 0.3 is 0 Å². The SMILES string of the molecule is CCC(CC)c1onc(N)c1Cl. The molecule has 1 aromatic heterocycles. The number of nitrogen functional groups attached to an aromatic ring is 1. The van der Waals surface area contributed by atoms with Crippen LogP contribution in [0.15, 0.2) is 4.52 Å². The Kier molecular flexibility index (Phi) is 2.98. The normalized spacial score (nSPS) is 11.0. The van der Waals surface area contributed by atoms with Crippen LogP contribution in [0.25, 0.3) is 0 Å². The number of hydrogen-bond donors (Lipinski definition) is 1. The van der Waals surface area contributed by atoms with E-state index in [1.54, 1.807) is 0 Å². The zero-order chi connectivity index (χ0) is 9.14. The fourth-order valence-corrected chi connectivity index (χ4v) is 1.44. The molecule has 0 unspecified atom stereocenters. The van der Waals surface area contributed by atoms with Gasteiger partial charge in [0.1, 0.15) is 5.02 Å². The van der Waals surface area contributed by atoms with E-state index in [0.29, 0.717) is 16.8 Å². The number of nitrogens with two attached hydrogens (primary N) is 1. The third-order valence-corrected chi connectivity index (χ3v) is 2.42. The van der Waals surface area contributed by atoms with Crippen molar-refractivity contribution in [3.63, 3.8) is 0 Å². The van der Waals surface area contributed by atoms with Crippen molar-refractivity contribution in [1.29, 1.82) is 0 Å². The smallest absolute Gasteiger partial charge is 0.186 e. The lowest BCUT2D eigenvalue weighted by Crippen LogP contribution is -1.94. The number of hydrogen-bond acceptors (Lipinski definition) is 3. The Bertz CT molecular complexity index is 256. The number of nitrogens with zero attached hydrogens (tertiary/aromatic N) is 1. The molecule has 0 aliphatic heterocycles. The summed E-state index contributed by atoms with van der Waals surface area (Å²) in [7, 11) is 0. The molecule has 0 saturated carbocycles. The van der Waals surface area contributed by atoms with Gasteiger partial charge in [-0.25, -0.2) is 0 Å². The highest BCUT2D eigenvalue weighted by Gasteiger charge is 2.18. The molecule has 1 rings (SSSR count). The van der Waals surface area contributed by atoms with Gasteiger partial charge in [0.05, 0.1) is 0 Å². The average molecular weight is 189 g/mol. The first-order valence-corrected chi connectivity index (χ1v) is 4.49. The number of rotatable bonds is 3. The molecule has 2 N–H and O–H groups in total. The fourth-order valence-electron chi connectivity index (χ4n) is 1.22. The van der Waals surface area contributed by atoms with Gasteiger partial charge in [-0.1, -0.05) is 30.6 Å². The van der Waals surface area contributed by atoms with Crippen LogP contribution in [0, 0.1) is 0 Å². The van der Waals surface area contributed by atoms with E-state index in [-0.39, 0.29) is 0 Å². The van der Waals surface area contributed by atoms with Gasteiger partial charge in [-0.05, 0) is 12.8 Å². The molecule has 68 valence electrons. The first-order valence-electron chi connectivity index (χ1n) is 4.11. The summed E-state index contributed by atoms with van der Waals surface area (Å²) in [5.41, 5.74) is 5.45. The molecular weight excluding hydrogens is 176 g/mol. The summed E-state index contributed by atoms with van der Waals surface area (Å²) in [5, 5.41) is 4.08. The zero-order valence-electron chi connectivity index (χ0n) is 7.30. The minimum absolute atomic E-state index is 0.290. The highest BCUT2D eigenvalue weighted by atomic mass is 35.5. The third kappa shape index (κ3) is 1.55. The van der Waals surface area contributed by atoms with Gasteiger partial charge in [-0.3, -0.25) is 0 Å². The number of halogens is 1. The molecule has 0 amide bonds. The lowest BCUT2D eigenvalue weighted by atomic mass is 10.0. The van der Waals surface area contributed by atoms with Crippen molar-refractivity contribution in [2.24, 2.45) is 0 Å². The quantitative estimate of drug-likeness (QED) is 0.794. The first kappa shape index (κ1) is 9.39. The van der Waals surface area contributed by atoms with Gasteiger partial charge in [-0.2, -0.15) is 0 Å². The van der Waals surface area contributed by atoms with Crippen LogP contribution in [-0.2, 0) is 0 Å². The maximum Gasteiger partial charge on any atom is 0.186 e. The second-order valence-electron chi connectivity index (χ2n) is 2.76. The molecule has 0 saturated heterocycles. The molecule has 0 atom stereocenters. The Hall–Kier alpha value is -0.700. The summed E-state index contributed by atoms with van der Waals surface area (Å²) < 4.78 is 5.03. The lowest BCUT2D eigenvalue weighted by molar-refractivity contribution is 0.355. The number of anilines is 1. The first-order chi connectivity index (χ1) is 5.70. The summed E-state index contributed by atoms with van der Waals surface area (Å²) in [5.74, 6) is 1.35. The predicted molar refractivity (Wildman–Crippen MR) is 49.2 cm³/mol. The predicted octanol–water partition coefficient (Wildman–Crippen LogP) is 2.81. The van der Waals surface area contributed by atoms with Gasteiger partial charge in [-0.15, -0.1) is 0 Å². The van der Waals surface area contributed by atoms with Gasteiger partial charge in [0, 0.05) is 5.92 Å². The Balaban J connectivity index is 2.93. The summed E-state index contributed by atoms with van der Waals surface area (Å²) in [6.45, 7) is 4.17. The zero-order valence-corrected chi connectivity index (χ0v) is 8.06. The van der Waals surface area contributed by atoms with Crippen molar-refractivity contribution in [1.82, 2.24) is 5.16 Å². The Morgan fingerprint density at radius 3 is 2.42 bits per heavy atom. The fraction of sp³-hybridized carbons (Fsp3) is 0.625. The molecule has 0 radical (unpaired) electrons. The maximum atomic E-state index is 5.88. The minimum atomic E-state index is 0.290. The van der Waals surface area contributed by atoms with E-state index in [2.05, 4.69) is 19.0 Å². The number of aromatic nitrogens is 1. The second-order valence-corrected chi connectivity index (χ2v) is 3.14. The molecule has 1 aromatic rings. The van der Waals surface area contributed by atoms with E-state index in [1.165, 1.54) is 0 Å². The van der Waals surface area contributed by atoms with E-state index < -0.39 is 0 Å². The molecule has 3 nitrogen and oxygen atoms in total. The van der Waals surface area contributed by atoms with Crippen molar-refractivity contribution in [3.8, 4) is 0 Å². The standard InChI is InChI=1S/C8H13ClN2O/c1-3-5(4-2)7-6(9)8(10)11-12-7/h5H,3-4H2,1-2H3,(H2,10,11). The van der Waals surface area contributed by atoms with Crippen LogP contribution in [-0.4, -0.2) is 5.16 Å². The summed E-state index contributed by atoms with van der Waals surface area (Å²) >= 11 is 5.88. The second kappa shape index (κ2) is 3.81. The Labute approximate surface area is 76.9 Å². The van der Waals surface area contributed by atoms with Crippen molar-refractivity contribution in [2.75, 3.05) is 5.73 Å². The molecule has 1 heterocycles. The van der Waals surface area contributed by atoms with Crippen LogP contribution in [0.5, 0.6) is 0 Å². The van der Waals surface area contributed by atoms with E-state index >= 15 is 0 Å². The molecule has 0 aromatic carbocycles. The van der Waals surface area contributed by atoms with Gasteiger partial charge in [0.25, 0.3) is 0 Å². The van der Waals surface area contributed by atoms with Crippen molar-refractivity contribution < 1.29 is 4.52 Å². The van der Waals surface area contributed by atoms with E-state index in [1.807, 2.05) is 0 Å². The monoisotopic (exact) mass is 188 g/mol. The maximum absolute atomic E-state index is 5.88. The summed E-state index contributed by atoms with van der Waals surface area (Å²) in [6.07, 6.45) is 1.98. The van der Waals surface area contributed by atoms with E-state index in [4.69, 9.17) is 21.9 Å². The topological polar surface area (TPSA) is 52.0 Å².